The summed E-state index contributed by atoms with van der Waals surface area (Å²) in [6.07, 6.45) is 2.69. The van der Waals surface area contributed by atoms with Gasteiger partial charge in [0.15, 0.2) is 5.13 Å². The topological polar surface area (TPSA) is 54.3 Å². The van der Waals surface area contributed by atoms with E-state index in [1.165, 1.54) is 4.68 Å². The zero-order chi connectivity index (χ0) is 19.5. The van der Waals surface area contributed by atoms with Crippen molar-refractivity contribution in [2.24, 2.45) is 0 Å². The first-order valence-electron chi connectivity index (χ1n) is 9.33. The van der Waals surface area contributed by atoms with E-state index < -0.39 is 0 Å². The van der Waals surface area contributed by atoms with Crippen LogP contribution in [0.2, 0.25) is 5.02 Å². The van der Waals surface area contributed by atoms with Gasteiger partial charge in [-0.05, 0) is 18.9 Å². The lowest BCUT2D eigenvalue weighted by Gasteiger charge is -2.24. The van der Waals surface area contributed by atoms with Crippen LogP contribution in [0.3, 0.4) is 0 Å². The second kappa shape index (κ2) is 8.32. The molecule has 0 radical (unpaired) electrons. The predicted octanol–water partition coefficient (Wildman–Crippen LogP) is 3.43. The summed E-state index contributed by atoms with van der Waals surface area (Å²) in [6, 6.07) is 9.79. The summed E-state index contributed by atoms with van der Waals surface area (Å²) in [6.45, 7) is 5.83. The van der Waals surface area contributed by atoms with Crippen LogP contribution in [-0.2, 0) is 6.54 Å². The van der Waals surface area contributed by atoms with Crippen LogP contribution in [0.1, 0.15) is 17.7 Å². The molecule has 2 aromatic heterocycles. The van der Waals surface area contributed by atoms with Crippen LogP contribution in [0, 0.1) is 6.92 Å². The molecule has 0 aliphatic carbocycles. The van der Waals surface area contributed by atoms with Crippen LogP contribution < -0.4 is 15.4 Å². The highest BCUT2D eigenvalue weighted by atomic mass is 35.5. The zero-order valence-corrected chi connectivity index (χ0v) is 17.3. The monoisotopic (exact) mass is 415 g/mol. The molecule has 0 unspecified atom stereocenters. The molecule has 4 rings (SSSR count). The Morgan fingerprint density at radius 3 is 2.61 bits per heavy atom. The molecule has 0 amide bonds. The summed E-state index contributed by atoms with van der Waals surface area (Å²) in [5, 5.41) is 7.75. The van der Waals surface area contributed by atoms with E-state index in [1.807, 2.05) is 37.3 Å². The normalized spacial score (nSPS) is 14.9. The van der Waals surface area contributed by atoms with Crippen molar-refractivity contribution in [3.8, 4) is 0 Å². The fraction of sp³-hybridized carbons (Fsp3) is 0.350. The Labute approximate surface area is 173 Å². The average Bonchev–Trinajstić information content (AvgIpc) is 2.99. The molecule has 0 atom stereocenters. The van der Waals surface area contributed by atoms with E-state index in [1.54, 1.807) is 17.5 Å². The van der Waals surface area contributed by atoms with Gasteiger partial charge in [-0.1, -0.05) is 41.9 Å². The maximum Gasteiger partial charge on any atom is 0.287 e. The second-order valence-electron chi connectivity index (χ2n) is 6.89. The SMILES string of the molecule is Cc1csc(N2CCCN(c3cnn(Cc4ccccc4)c(=O)c3Cl)CC2)n1. The molecule has 0 saturated carbocycles. The predicted molar refractivity (Wildman–Crippen MR) is 115 cm³/mol. The number of anilines is 2. The Morgan fingerprint density at radius 1 is 1.11 bits per heavy atom. The van der Waals surface area contributed by atoms with E-state index in [0.29, 0.717) is 12.2 Å². The smallest absolute Gasteiger partial charge is 0.287 e. The molecule has 1 aliphatic heterocycles. The molecular weight excluding hydrogens is 394 g/mol. The number of rotatable bonds is 4. The van der Waals surface area contributed by atoms with Gasteiger partial charge in [0.1, 0.15) is 5.02 Å². The first kappa shape index (κ1) is 19.0. The number of aromatic nitrogens is 3. The van der Waals surface area contributed by atoms with Crippen molar-refractivity contribution in [3.05, 3.63) is 68.5 Å². The fourth-order valence-corrected chi connectivity index (χ4v) is 4.51. The minimum absolute atomic E-state index is 0.240. The Hall–Kier alpha value is -2.38. The van der Waals surface area contributed by atoms with E-state index in [-0.39, 0.29) is 10.6 Å². The number of hydrogen-bond donors (Lipinski definition) is 0. The van der Waals surface area contributed by atoms with Gasteiger partial charge < -0.3 is 9.80 Å². The lowest BCUT2D eigenvalue weighted by molar-refractivity contribution is 0.636. The van der Waals surface area contributed by atoms with Gasteiger partial charge in [-0.3, -0.25) is 4.79 Å². The van der Waals surface area contributed by atoms with Crippen LogP contribution in [-0.4, -0.2) is 40.9 Å². The minimum atomic E-state index is -0.250. The van der Waals surface area contributed by atoms with Crippen molar-refractivity contribution in [1.29, 1.82) is 0 Å². The highest BCUT2D eigenvalue weighted by molar-refractivity contribution is 7.13. The highest BCUT2D eigenvalue weighted by Gasteiger charge is 2.21. The molecule has 1 saturated heterocycles. The number of halogens is 1. The number of benzene rings is 1. The number of nitrogens with zero attached hydrogens (tertiary/aromatic N) is 5. The zero-order valence-electron chi connectivity index (χ0n) is 15.7. The first-order chi connectivity index (χ1) is 13.6. The number of thiazole rings is 1. The van der Waals surface area contributed by atoms with Crippen LogP contribution in [0.15, 0.2) is 46.7 Å². The third-order valence-corrected chi connectivity index (χ3v) is 6.23. The maximum atomic E-state index is 12.7. The minimum Gasteiger partial charge on any atom is -0.367 e. The van der Waals surface area contributed by atoms with Crippen molar-refractivity contribution in [2.45, 2.75) is 19.9 Å². The van der Waals surface area contributed by atoms with Crippen LogP contribution in [0.4, 0.5) is 10.8 Å². The summed E-state index contributed by atoms with van der Waals surface area (Å²) >= 11 is 8.14. The summed E-state index contributed by atoms with van der Waals surface area (Å²) in [5.41, 5.74) is 2.54. The number of aryl methyl sites for hydroxylation is 1. The molecule has 1 fully saturated rings. The molecule has 0 bridgehead atoms. The largest absolute Gasteiger partial charge is 0.367 e. The summed E-state index contributed by atoms with van der Waals surface area (Å²) in [4.78, 5) is 21.8. The summed E-state index contributed by atoms with van der Waals surface area (Å²) < 4.78 is 1.42. The van der Waals surface area contributed by atoms with Crippen molar-refractivity contribution < 1.29 is 0 Å². The Balaban J connectivity index is 1.51. The van der Waals surface area contributed by atoms with Crippen LogP contribution >= 0.6 is 22.9 Å². The van der Waals surface area contributed by atoms with Crippen LogP contribution in [0.25, 0.3) is 0 Å². The summed E-state index contributed by atoms with van der Waals surface area (Å²) in [7, 11) is 0. The van der Waals surface area contributed by atoms with Gasteiger partial charge in [-0.25, -0.2) is 9.67 Å². The number of hydrogen-bond acceptors (Lipinski definition) is 6. The highest BCUT2D eigenvalue weighted by Crippen LogP contribution is 2.25. The van der Waals surface area contributed by atoms with Crippen LogP contribution in [0.5, 0.6) is 0 Å². The van der Waals surface area contributed by atoms with E-state index in [0.717, 1.165) is 49.0 Å². The Morgan fingerprint density at radius 2 is 1.86 bits per heavy atom. The lowest BCUT2D eigenvalue weighted by atomic mass is 10.2. The third kappa shape index (κ3) is 4.05. The average molecular weight is 416 g/mol. The Kier molecular flexibility index (Phi) is 5.64. The van der Waals surface area contributed by atoms with Gasteiger partial charge in [0.25, 0.3) is 5.56 Å². The first-order valence-corrected chi connectivity index (χ1v) is 10.6. The molecule has 0 spiro atoms. The van der Waals surface area contributed by atoms with Gasteiger partial charge in [0.2, 0.25) is 0 Å². The molecular formula is C20H22ClN5OS. The third-order valence-electron chi connectivity index (χ3n) is 4.86. The molecule has 146 valence electrons. The maximum absolute atomic E-state index is 12.7. The van der Waals surface area contributed by atoms with E-state index in [2.05, 4.69) is 25.3 Å². The second-order valence-corrected chi connectivity index (χ2v) is 8.11. The van der Waals surface area contributed by atoms with Gasteiger partial charge in [-0.15, -0.1) is 11.3 Å². The van der Waals surface area contributed by atoms with Crippen molar-refractivity contribution >= 4 is 33.8 Å². The van der Waals surface area contributed by atoms with Crippen molar-refractivity contribution in [2.75, 3.05) is 36.0 Å². The van der Waals surface area contributed by atoms with E-state index in [4.69, 9.17) is 11.6 Å². The van der Waals surface area contributed by atoms with Gasteiger partial charge in [0, 0.05) is 31.6 Å². The molecule has 3 heterocycles. The van der Waals surface area contributed by atoms with Gasteiger partial charge in [-0.2, -0.15) is 5.10 Å². The molecule has 1 aliphatic rings. The van der Waals surface area contributed by atoms with Gasteiger partial charge in [0.05, 0.1) is 24.1 Å². The van der Waals surface area contributed by atoms with E-state index >= 15 is 0 Å². The Bertz CT molecular complexity index is 1000. The molecule has 3 aromatic rings. The molecule has 0 N–H and O–H groups in total. The molecule has 1 aromatic carbocycles. The molecule has 6 nitrogen and oxygen atoms in total. The summed E-state index contributed by atoms with van der Waals surface area (Å²) in [5.74, 6) is 0. The van der Waals surface area contributed by atoms with Crippen molar-refractivity contribution in [3.63, 3.8) is 0 Å². The van der Waals surface area contributed by atoms with Crippen molar-refractivity contribution in [1.82, 2.24) is 14.8 Å². The van der Waals surface area contributed by atoms with Gasteiger partial charge >= 0.3 is 0 Å². The quantitative estimate of drug-likeness (QED) is 0.653. The lowest BCUT2D eigenvalue weighted by Crippen LogP contribution is -2.33. The molecule has 8 heteroatoms. The fourth-order valence-electron chi connectivity index (χ4n) is 3.38. The standard InChI is InChI=1S/C20H22ClN5OS/c1-15-14-28-20(23-15)25-9-5-8-24(10-11-25)17-12-22-26(19(27)18(17)21)13-16-6-3-2-4-7-16/h2-4,6-7,12,14H,5,8-11,13H2,1H3. The molecule has 28 heavy (non-hydrogen) atoms. The van der Waals surface area contributed by atoms with E-state index in [9.17, 15) is 4.79 Å².